The van der Waals surface area contributed by atoms with E-state index in [1.54, 1.807) is 41.5 Å². The highest BCUT2D eigenvalue weighted by Crippen LogP contribution is 2.57. The number of aryl methyl sites for hydroxylation is 2. The van der Waals surface area contributed by atoms with Crippen LogP contribution in [0, 0.1) is 13.8 Å². The SMILES string of the molecule is Cc1cccc(C)c1N=C1OC2(C(C(=O)OC(C)(C)C)=C1C(=O)OC(C)(C)C)c1ccccc1-c1ccccc12. The van der Waals surface area contributed by atoms with Crippen LogP contribution in [0.25, 0.3) is 11.1 Å². The Hall–Kier alpha value is -4.19. The van der Waals surface area contributed by atoms with Gasteiger partial charge in [-0.2, -0.15) is 0 Å². The fourth-order valence-electron chi connectivity index (χ4n) is 5.36. The smallest absolute Gasteiger partial charge is 0.344 e. The predicted molar refractivity (Wildman–Crippen MR) is 155 cm³/mol. The molecule has 1 aliphatic carbocycles. The first-order valence-electron chi connectivity index (χ1n) is 13.5. The fraction of sp³-hybridized carbons (Fsp3) is 0.324. The molecular formula is C34H35NO5. The second-order valence-corrected chi connectivity index (χ2v) is 12.3. The van der Waals surface area contributed by atoms with Crippen molar-refractivity contribution < 1.29 is 23.8 Å². The van der Waals surface area contributed by atoms with Crippen LogP contribution in [0.5, 0.6) is 0 Å². The van der Waals surface area contributed by atoms with Crippen LogP contribution in [-0.4, -0.2) is 29.0 Å². The van der Waals surface area contributed by atoms with Crippen LogP contribution in [0.4, 0.5) is 5.69 Å². The second kappa shape index (κ2) is 9.47. The fourth-order valence-corrected chi connectivity index (χ4v) is 5.36. The maximum atomic E-state index is 14.2. The Morgan fingerprint density at radius 3 is 1.68 bits per heavy atom. The first kappa shape index (κ1) is 27.4. The normalized spacial score (nSPS) is 16.6. The van der Waals surface area contributed by atoms with Crippen LogP contribution < -0.4 is 0 Å². The molecule has 40 heavy (non-hydrogen) atoms. The zero-order valence-electron chi connectivity index (χ0n) is 24.3. The summed E-state index contributed by atoms with van der Waals surface area (Å²) < 4.78 is 18.7. The molecule has 0 saturated heterocycles. The van der Waals surface area contributed by atoms with Gasteiger partial charge >= 0.3 is 11.9 Å². The van der Waals surface area contributed by atoms with E-state index in [9.17, 15) is 9.59 Å². The van der Waals surface area contributed by atoms with Crippen molar-refractivity contribution in [1.29, 1.82) is 0 Å². The second-order valence-electron chi connectivity index (χ2n) is 12.3. The van der Waals surface area contributed by atoms with Crippen molar-refractivity contribution in [3.8, 4) is 11.1 Å². The van der Waals surface area contributed by atoms with Gasteiger partial charge in [0.15, 0.2) is 5.60 Å². The number of benzene rings is 3. The van der Waals surface area contributed by atoms with Gasteiger partial charge in [-0.15, -0.1) is 0 Å². The maximum absolute atomic E-state index is 14.2. The number of carbonyl (C=O) groups is 2. The largest absolute Gasteiger partial charge is 0.456 e. The Morgan fingerprint density at radius 1 is 0.700 bits per heavy atom. The Bertz CT molecular complexity index is 1530. The molecule has 0 amide bonds. The van der Waals surface area contributed by atoms with Gasteiger partial charge in [-0.05, 0) is 77.6 Å². The lowest BCUT2D eigenvalue weighted by Gasteiger charge is -2.30. The highest BCUT2D eigenvalue weighted by Gasteiger charge is 2.59. The van der Waals surface area contributed by atoms with Gasteiger partial charge < -0.3 is 14.2 Å². The number of hydrogen-bond acceptors (Lipinski definition) is 6. The Labute approximate surface area is 235 Å². The number of ether oxygens (including phenoxy) is 3. The van der Waals surface area contributed by atoms with Crippen molar-refractivity contribution >= 4 is 23.5 Å². The van der Waals surface area contributed by atoms with Gasteiger partial charge in [0.25, 0.3) is 0 Å². The van der Waals surface area contributed by atoms with Gasteiger partial charge in [-0.25, -0.2) is 14.6 Å². The zero-order chi connectivity index (χ0) is 29.0. The number of nitrogens with zero attached hydrogens (tertiary/aromatic N) is 1. The van der Waals surface area contributed by atoms with Gasteiger partial charge in [-0.3, -0.25) is 0 Å². The molecule has 5 rings (SSSR count). The van der Waals surface area contributed by atoms with Crippen LogP contribution in [0.15, 0.2) is 82.9 Å². The average molecular weight is 538 g/mol. The molecule has 1 aliphatic heterocycles. The van der Waals surface area contributed by atoms with Crippen molar-refractivity contribution in [1.82, 2.24) is 0 Å². The number of rotatable bonds is 3. The first-order chi connectivity index (χ1) is 18.7. The predicted octanol–water partition coefficient (Wildman–Crippen LogP) is 7.27. The number of carbonyl (C=O) groups excluding carboxylic acids is 2. The number of esters is 2. The molecule has 0 atom stereocenters. The molecule has 0 fully saturated rings. The quantitative estimate of drug-likeness (QED) is 0.329. The lowest BCUT2D eigenvalue weighted by Crippen LogP contribution is -2.36. The molecule has 2 aliphatic rings. The van der Waals surface area contributed by atoms with Crippen molar-refractivity contribution in [3.05, 3.63) is 100 Å². The van der Waals surface area contributed by atoms with Gasteiger partial charge in [-0.1, -0.05) is 66.7 Å². The van der Waals surface area contributed by atoms with E-state index in [1.165, 1.54) is 0 Å². The minimum Gasteiger partial charge on any atom is -0.456 e. The Morgan fingerprint density at radius 2 is 1.18 bits per heavy atom. The van der Waals surface area contributed by atoms with E-state index in [0.29, 0.717) is 5.69 Å². The molecule has 3 aromatic rings. The van der Waals surface area contributed by atoms with Crippen molar-refractivity contribution in [2.45, 2.75) is 72.2 Å². The molecule has 0 aromatic heterocycles. The number of para-hydroxylation sites is 1. The summed E-state index contributed by atoms with van der Waals surface area (Å²) in [6.45, 7) is 14.6. The van der Waals surface area contributed by atoms with Gasteiger partial charge in [0.2, 0.25) is 5.90 Å². The van der Waals surface area contributed by atoms with E-state index < -0.39 is 28.7 Å². The molecule has 1 spiro atoms. The average Bonchev–Trinajstić information content (AvgIpc) is 3.34. The van der Waals surface area contributed by atoms with E-state index in [-0.39, 0.29) is 17.0 Å². The third kappa shape index (κ3) is 4.61. The van der Waals surface area contributed by atoms with Crippen molar-refractivity contribution in [3.63, 3.8) is 0 Å². The molecule has 206 valence electrons. The molecular weight excluding hydrogens is 502 g/mol. The van der Waals surface area contributed by atoms with Crippen molar-refractivity contribution in [2.24, 2.45) is 4.99 Å². The summed E-state index contributed by atoms with van der Waals surface area (Å²) in [6.07, 6.45) is 0. The molecule has 6 heteroatoms. The van der Waals surface area contributed by atoms with Crippen molar-refractivity contribution in [2.75, 3.05) is 0 Å². The Kier molecular flexibility index (Phi) is 6.48. The maximum Gasteiger partial charge on any atom is 0.344 e. The van der Waals surface area contributed by atoms with E-state index in [1.807, 2.05) is 80.6 Å². The van der Waals surface area contributed by atoms with Crippen LogP contribution >= 0.6 is 0 Å². The summed E-state index contributed by atoms with van der Waals surface area (Å²) in [5.41, 5.74) is 2.73. The van der Waals surface area contributed by atoms with Gasteiger partial charge in [0, 0.05) is 11.1 Å². The van der Waals surface area contributed by atoms with Crippen LogP contribution in [0.3, 0.4) is 0 Å². The summed E-state index contributed by atoms with van der Waals surface area (Å²) in [6, 6.07) is 21.4. The third-order valence-electron chi connectivity index (χ3n) is 6.83. The molecule has 0 saturated carbocycles. The number of fused-ring (bicyclic) bond motifs is 5. The lowest BCUT2D eigenvalue weighted by molar-refractivity contribution is -0.153. The number of aliphatic imine (C=N–C) groups is 1. The third-order valence-corrected chi connectivity index (χ3v) is 6.83. The van der Waals surface area contributed by atoms with E-state index in [2.05, 4.69) is 0 Å². The minimum absolute atomic E-state index is 0.0269. The van der Waals surface area contributed by atoms with E-state index >= 15 is 0 Å². The molecule has 0 radical (unpaired) electrons. The zero-order valence-corrected chi connectivity index (χ0v) is 24.3. The highest BCUT2D eigenvalue weighted by atomic mass is 16.6. The van der Waals surface area contributed by atoms with Crippen LogP contribution in [-0.2, 0) is 29.4 Å². The molecule has 0 bridgehead atoms. The van der Waals surface area contributed by atoms with E-state index in [4.69, 9.17) is 19.2 Å². The first-order valence-corrected chi connectivity index (χ1v) is 13.5. The summed E-state index contributed by atoms with van der Waals surface area (Å²) in [5, 5.41) is 0. The molecule has 6 nitrogen and oxygen atoms in total. The molecule has 0 N–H and O–H groups in total. The molecule has 1 heterocycles. The minimum atomic E-state index is -1.45. The standard InChI is InChI=1S/C34H35NO5/c1-20-14-13-15-21(2)28(20)35-29-26(30(36)39-32(3,4)5)27(31(37)40-33(6,7)8)34(38-29)24-18-11-9-16-22(24)23-17-10-12-19-25(23)34/h9-19H,1-8H3. The lowest BCUT2D eigenvalue weighted by atomic mass is 9.82. The topological polar surface area (TPSA) is 74.2 Å². The summed E-state index contributed by atoms with van der Waals surface area (Å²) >= 11 is 0. The van der Waals surface area contributed by atoms with E-state index in [0.717, 1.165) is 33.4 Å². The monoisotopic (exact) mass is 537 g/mol. The molecule has 3 aromatic carbocycles. The van der Waals surface area contributed by atoms with Crippen LogP contribution in [0.1, 0.15) is 63.8 Å². The summed E-state index contributed by atoms with van der Waals surface area (Å²) in [7, 11) is 0. The van der Waals surface area contributed by atoms with Gasteiger partial charge in [0.05, 0.1) is 5.69 Å². The number of hydrogen-bond donors (Lipinski definition) is 0. The molecule has 0 unspecified atom stereocenters. The summed E-state index contributed by atoms with van der Waals surface area (Å²) in [4.78, 5) is 33.2. The van der Waals surface area contributed by atoms with Crippen LogP contribution in [0.2, 0.25) is 0 Å². The summed E-state index contributed by atoms with van der Waals surface area (Å²) in [5.74, 6) is -1.33. The Balaban J connectivity index is 1.89. The highest BCUT2D eigenvalue weighted by molar-refractivity contribution is 6.25. The van der Waals surface area contributed by atoms with Gasteiger partial charge in [0.1, 0.15) is 22.3 Å².